The molecule has 0 amide bonds. The zero-order valence-electron chi connectivity index (χ0n) is 16.2. The van der Waals surface area contributed by atoms with E-state index in [2.05, 4.69) is 14.7 Å². The first-order valence-corrected chi connectivity index (χ1v) is 10.7. The molecule has 3 rings (SSSR count). The Morgan fingerprint density at radius 3 is 2.34 bits per heavy atom. The second kappa shape index (κ2) is 7.93. The van der Waals surface area contributed by atoms with Crippen molar-refractivity contribution in [3.8, 4) is 0 Å². The molecule has 0 spiro atoms. The summed E-state index contributed by atoms with van der Waals surface area (Å²) < 4.78 is 28.2. The Balaban J connectivity index is 1.97. The van der Waals surface area contributed by atoms with Crippen LogP contribution in [0.1, 0.15) is 42.4 Å². The SMILES string of the molecule is CC(C)(C)c1ccc(S(=O)(=O)Nc2cc(Cl)cnc2C(=O)c2cccnc2)cc1. The molecule has 0 aliphatic rings. The van der Waals surface area contributed by atoms with E-state index in [9.17, 15) is 13.2 Å². The van der Waals surface area contributed by atoms with Gasteiger partial charge in [0.15, 0.2) is 0 Å². The van der Waals surface area contributed by atoms with Gasteiger partial charge in [-0.3, -0.25) is 14.5 Å². The Kier molecular flexibility index (Phi) is 5.73. The summed E-state index contributed by atoms with van der Waals surface area (Å²) >= 11 is 5.99. The monoisotopic (exact) mass is 429 g/mol. The highest BCUT2D eigenvalue weighted by Gasteiger charge is 2.22. The molecule has 1 aromatic carbocycles. The van der Waals surface area contributed by atoms with Crippen LogP contribution in [-0.4, -0.2) is 24.2 Å². The van der Waals surface area contributed by atoms with Crippen molar-refractivity contribution in [2.45, 2.75) is 31.1 Å². The number of benzene rings is 1. The van der Waals surface area contributed by atoms with E-state index in [1.807, 2.05) is 20.8 Å². The number of hydrogen-bond acceptors (Lipinski definition) is 5. The van der Waals surface area contributed by atoms with Crippen LogP contribution in [0.3, 0.4) is 0 Å². The third-order valence-corrected chi connectivity index (χ3v) is 5.86. The number of hydrogen-bond donors (Lipinski definition) is 1. The molecule has 2 aromatic heterocycles. The molecule has 0 aliphatic carbocycles. The van der Waals surface area contributed by atoms with Gasteiger partial charge >= 0.3 is 0 Å². The molecule has 6 nitrogen and oxygen atoms in total. The van der Waals surface area contributed by atoms with Gasteiger partial charge in [0.25, 0.3) is 10.0 Å². The summed E-state index contributed by atoms with van der Waals surface area (Å²) in [5, 5.41) is 0.202. The highest BCUT2D eigenvalue weighted by molar-refractivity contribution is 7.92. The number of carbonyl (C=O) groups excluding carboxylic acids is 1. The van der Waals surface area contributed by atoms with Crippen molar-refractivity contribution in [2.24, 2.45) is 0 Å². The first-order valence-electron chi connectivity index (χ1n) is 8.81. The largest absolute Gasteiger partial charge is 0.287 e. The first-order chi connectivity index (χ1) is 13.6. The molecule has 150 valence electrons. The minimum atomic E-state index is -3.95. The normalized spacial score (nSPS) is 11.9. The Labute approximate surface area is 175 Å². The molecule has 3 aromatic rings. The van der Waals surface area contributed by atoms with Crippen molar-refractivity contribution in [2.75, 3.05) is 4.72 Å². The Morgan fingerprint density at radius 2 is 1.76 bits per heavy atom. The fourth-order valence-corrected chi connectivity index (χ4v) is 3.88. The number of nitrogens with one attached hydrogen (secondary N) is 1. The molecule has 2 heterocycles. The average Bonchev–Trinajstić information content (AvgIpc) is 2.67. The van der Waals surface area contributed by atoms with Crippen LogP contribution in [0, 0.1) is 0 Å². The van der Waals surface area contributed by atoms with Crippen molar-refractivity contribution in [1.82, 2.24) is 9.97 Å². The van der Waals surface area contributed by atoms with Gasteiger partial charge in [-0.2, -0.15) is 0 Å². The Hall–Kier alpha value is -2.77. The van der Waals surface area contributed by atoms with Gasteiger partial charge in [0.05, 0.1) is 15.6 Å². The molecule has 0 fully saturated rings. The predicted molar refractivity (Wildman–Crippen MR) is 113 cm³/mol. The fraction of sp³-hybridized carbons (Fsp3) is 0.190. The summed E-state index contributed by atoms with van der Waals surface area (Å²) in [6.45, 7) is 6.13. The standard InChI is InChI=1S/C21H20ClN3O3S/c1-21(2,3)15-6-8-17(9-7-15)29(27,28)25-18-11-16(22)13-24-19(18)20(26)14-5-4-10-23-12-14/h4-13,25H,1-3H3. The smallest absolute Gasteiger partial charge is 0.261 e. The van der Waals surface area contributed by atoms with Crippen molar-refractivity contribution in [3.63, 3.8) is 0 Å². The van der Waals surface area contributed by atoms with Crippen LogP contribution in [0.5, 0.6) is 0 Å². The topological polar surface area (TPSA) is 89.0 Å². The molecule has 0 unspecified atom stereocenters. The molecular weight excluding hydrogens is 410 g/mol. The third-order valence-electron chi connectivity index (χ3n) is 4.27. The lowest BCUT2D eigenvalue weighted by atomic mass is 9.87. The number of halogens is 1. The van der Waals surface area contributed by atoms with Crippen LogP contribution < -0.4 is 4.72 Å². The summed E-state index contributed by atoms with van der Waals surface area (Å²) in [4.78, 5) is 20.8. The van der Waals surface area contributed by atoms with Crippen LogP contribution in [0.25, 0.3) is 0 Å². The van der Waals surface area contributed by atoms with Gasteiger partial charge in [-0.05, 0) is 41.3 Å². The number of anilines is 1. The Morgan fingerprint density at radius 1 is 1.07 bits per heavy atom. The van der Waals surface area contributed by atoms with Crippen LogP contribution in [-0.2, 0) is 15.4 Å². The summed E-state index contributed by atoms with van der Waals surface area (Å²) in [6, 6.07) is 11.2. The minimum Gasteiger partial charge on any atom is -0.287 e. The molecular formula is C21H20ClN3O3S. The van der Waals surface area contributed by atoms with E-state index in [4.69, 9.17) is 11.6 Å². The van der Waals surface area contributed by atoms with E-state index in [1.54, 1.807) is 24.3 Å². The van der Waals surface area contributed by atoms with Gasteiger partial charge in [0, 0.05) is 24.2 Å². The lowest BCUT2D eigenvalue weighted by molar-refractivity contribution is 0.103. The first kappa shape index (κ1) is 21.0. The highest BCUT2D eigenvalue weighted by Crippen LogP contribution is 2.26. The van der Waals surface area contributed by atoms with Crippen molar-refractivity contribution in [1.29, 1.82) is 0 Å². The summed E-state index contributed by atoms with van der Waals surface area (Å²) in [5.41, 5.74) is 1.14. The van der Waals surface area contributed by atoms with Crippen LogP contribution in [0.15, 0.2) is 66.0 Å². The number of aromatic nitrogens is 2. The van der Waals surface area contributed by atoms with Crippen molar-refractivity contribution < 1.29 is 13.2 Å². The zero-order chi connectivity index (χ0) is 21.2. The average molecular weight is 430 g/mol. The molecule has 8 heteroatoms. The maximum atomic E-state index is 12.9. The van der Waals surface area contributed by atoms with Gasteiger partial charge in [0.2, 0.25) is 5.78 Å². The molecule has 0 bridgehead atoms. The van der Waals surface area contributed by atoms with E-state index in [0.717, 1.165) is 5.56 Å². The number of ketones is 1. The van der Waals surface area contributed by atoms with E-state index in [0.29, 0.717) is 0 Å². The number of pyridine rings is 2. The zero-order valence-corrected chi connectivity index (χ0v) is 17.8. The van der Waals surface area contributed by atoms with Gasteiger partial charge < -0.3 is 0 Å². The molecule has 0 aliphatic heterocycles. The van der Waals surface area contributed by atoms with Crippen molar-refractivity contribution >= 4 is 33.1 Å². The van der Waals surface area contributed by atoms with E-state index >= 15 is 0 Å². The second-order valence-electron chi connectivity index (χ2n) is 7.50. The molecule has 1 N–H and O–H groups in total. The molecule has 0 atom stereocenters. The lowest BCUT2D eigenvalue weighted by Crippen LogP contribution is -2.17. The maximum Gasteiger partial charge on any atom is 0.261 e. The predicted octanol–water partition coefficient (Wildman–Crippen LogP) is 4.46. The van der Waals surface area contributed by atoms with Gasteiger partial charge in [0.1, 0.15) is 5.69 Å². The van der Waals surface area contributed by atoms with Crippen LogP contribution in [0.4, 0.5) is 5.69 Å². The number of nitrogens with zero attached hydrogens (tertiary/aromatic N) is 2. The number of sulfonamides is 1. The molecule has 29 heavy (non-hydrogen) atoms. The van der Waals surface area contributed by atoms with Gasteiger partial charge in [-0.25, -0.2) is 13.4 Å². The number of carbonyl (C=O) groups is 1. The highest BCUT2D eigenvalue weighted by atomic mass is 35.5. The molecule has 0 radical (unpaired) electrons. The summed E-state index contributed by atoms with van der Waals surface area (Å²) in [5.74, 6) is -0.462. The summed E-state index contributed by atoms with van der Waals surface area (Å²) in [6.07, 6.45) is 4.22. The van der Waals surface area contributed by atoms with E-state index in [1.165, 1.54) is 36.8 Å². The second-order valence-corrected chi connectivity index (χ2v) is 9.62. The van der Waals surface area contributed by atoms with Crippen LogP contribution in [0.2, 0.25) is 5.02 Å². The van der Waals surface area contributed by atoms with Gasteiger partial charge in [-0.15, -0.1) is 0 Å². The minimum absolute atomic E-state index is 0.00579. The fourth-order valence-electron chi connectivity index (χ4n) is 2.67. The van der Waals surface area contributed by atoms with Crippen molar-refractivity contribution in [3.05, 3.63) is 82.9 Å². The number of rotatable bonds is 5. The molecule has 0 saturated heterocycles. The third kappa shape index (κ3) is 4.81. The van der Waals surface area contributed by atoms with Crippen LogP contribution >= 0.6 is 11.6 Å². The molecule has 0 saturated carbocycles. The van der Waals surface area contributed by atoms with E-state index in [-0.39, 0.29) is 32.3 Å². The van der Waals surface area contributed by atoms with E-state index < -0.39 is 15.8 Å². The maximum absolute atomic E-state index is 12.9. The quantitative estimate of drug-likeness (QED) is 0.605. The summed E-state index contributed by atoms with van der Waals surface area (Å²) in [7, 11) is -3.95. The lowest BCUT2D eigenvalue weighted by Gasteiger charge is -2.19. The Bertz CT molecular complexity index is 1140. The van der Waals surface area contributed by atoms with Gasteiger partial charge in [-0.1, -0.05) is 44.5 Å².